The van der Waals surface area contributed by atoms with Crippen LogP contribution < -0.4 is 25.7 Å². The molecule has 1 aliphatic heterocycles. The zero-order chi connectivity index (χ0) is 36.4. The van der Waals surface area contributed by atoms with Gasteiger partial charge in [-0.05, 0) is 0 Å². The molecule has 1 saturated heterocycles. The Labute approximate surface area is 289 Å². The van der Waals surface area contributed by atoms with E-state index in [1.165, 1.54) is 39.4 Å². The highest BCUT2D eigenvalue weighted by Crippen LogP contribution is 2.66. The van der Waals surface area contributed by atoms with Gasteiger partial charge in [-0.15, -0.1) is 11.8 Å². The first-order chi connectivity index (χ1) is 23.6. The van der Waals surface area contributed by atoms with Gasteiger partial charge in [0, 0.05) is 35.6 Å². The number of nitrogens with zero attached hydrogens (tertiary/aromatic N) is 3. The molecule has 2 aliphatic rings. The van der Waals surface area contributed by atoms with Crippen LogP contribution in [0.4, 0.5) is 5.82 Å². The monoisotopic (exact) mass is 781 g/mol. The molecule has 274 valence electrons. The summed E-state index contributed by atoms with van der Waals surface area (Å²) in [7, 11) is -12.2. The van der Waals surface area contributed by atoms with E-state index in [4.69, 9.17) is 49.5 Å². The van der Waals surface area contributed by atoms with Crippen molar-refractivity contribution in [3.8, 4) is 29.1 Å². The second-order valence-corrected chi connectivity index (χ2v) is 16.0. The summed E-state index contributed by atoms with van der Waals surface area (Å²) in [5.74, 6) is 7.70. The number of aromatic nitrogens is 3. The van der Waals surface area contributed by atoms with Crippen LogP contribution in [0.1, 0.15) is 17.2 Å². The van der Waals surface area contributed by atoms with Crippen LogP contribution in [-0.2, 0) is 42.1 Å². The molecule has 2 aromatic heterocycles. The van der Waals surface area contributed by atoms with Crippen LogP contribution in [0.25, 0.3) is 11.0 Å². The van der Waals surface area contributed by atoms with Gasteiger partial charge in [-0.25, -0.2) is 23.7 Å². The summed E-state index contributed by atoms with van der Waals surface area (Å²) in [6.07, 6.45) is 0.767. The number of nitrogens with two attached hydrogens (primary N) is 2. The van der Waals surface area contributed by atoms with Crippen molar-refractivity contribution in [2.24, 2.45) is 11.7 Å². The van der Waals surface area contributed by atoms with Crippen molar-refractivity contribution in [1.82, 2.24) is 14.5 Å². The van der Waals surface area contributed by atoms with Crippen molar-refractivity contribution in [2.75, 3.05) is 46.2 Å². The average Bonchev–Trinajstić information content (AvgIpc) is 3.41. The van der Waals surface area contributed by atoms with Crippen molar-refractivity contribution >= 4 is 52.1 Å². The van der Waals surface area contributed by atoms with Crippen LogP contribution in [0.3, 0.4) is 0 Å². The summed E-state index contributed by atoms with van der Waals surface area (Å²) in [5.41, 5.74) is 13.5. The van der Waals surface area contributed by atoms with E-state index in [9.17, 15) is 23.5 Å². The number of anilines is 1. The first-order valence-electron chi connectivity index (χ1n) is 14.3. The summed E-state index contributed by atoms with van der Waals surface area (Å²) in [4.78, 5) is 45.7. The fourth-order valence-electron chi connectivity index (χ4n) is 5.60. The van der Waals surface area contributed by atoms with Gasteiger partial charge >= 0.3 is 23.5 Å². The summed E-state index contributed by atoms with van der Waals surface area (Å²) >= 11 is 1.36. The SMILES string of the molecule is COc1cc(OC)c(CSCO[C@H]2[C@@H]3C(n4cc(C#CCN)c5c(N)ncnc54)[C@@H]3O[C@@H]2COP(=O)(O)OP(=O)(O)OP(=O)(O)O)c(OC)c1. The molecular weight excluding hydrogens is 747 g/mol. The first-order valence-corrected chi connectivity index (χ1v) is 20.0. The zero-order valence-corrected chi connectivity index (χ0v) is 30.1. The molecule has 0 spiro atoms. The minimum Gasteiger partial charge on any atom is -0.496 e. The van der Waals surface area contributed by atoms with Crippen molar-refractivity contribution < 1.29 is 70.1 Å². The van der Waals surface area contributed by atoms with Crippen LogP contribution in [0.2, 0.25) is 0 Å². The molecule has 7 atom stereocenters. The third-order valence-corrected chi connectivity index (χ3v) is 12.2. The standard InChI is InChI=1S/C26H34N5O15P3S/c1-39-15-7-17(40-2)16(18(8-15)41-3)11-50-13-42-23-19(10-43-48(35,36)46-49(37,38)45-47(32,33)34)44-24-21(23)22(24)31-9-14(5-4-6-27)20-25(28)29-12-30-26(20)31/h7-9,12,19,21-24H,6,10-11,13,27H2,1-3H3,(H,35,36)(H,37,38)(H2,28,29,30)(H2,32,33,34)/t19-,21+,22?,23-,24-/m1/s1. The lowest BCUT2D eigenvalue weighted by Gasteiger charge is -2.25. The van der Waals surface area contributed by atoms with Crippen LogP contribution in [0.15, 0.2) is 24.7 Å². The predicted molar refractivity (Wildman–Crippen MR) is 176 cm³/mol. The van der Waals surface area contributed by atoms with Crippen molar-refractivity contribution in [1.29, 1.82) is 0 Å². The predicted octanol–water partition coefficient (Wildman–Crippen LogP) is 1.91. The Hall–Kier alpha value is -2.76. The quantitative estimate of drug-likeness (QED) is 0.0523. The molecule has 3 unspecified atom stereocenters. The Bertz CT molecular complexity index is 1910. The number of benzene rings is 1. The van der Waals surface area contributed by atoms with Gasteiger partial charge in [-0.3, -0.25) is 4.52 Å². The number of hydrogen-bond acceptors (Lipinski definition) is 16. The second-order valence-electron chi connectivity index (χ2n) is 10.6. The van der Waals surface area contributed by atoms with Crippen LogP contribution >= 0.6 is 35.2 Å². The van der Waals surface area contributed by atoms with Crippen LogP contribution in [0.5, 0.6) is 17.2 Å². The molecule has 3 heterocycles. The fraction of sp³-hybridized carbons (Fsp3) is 0.462. The van der Waals surface area contributed by atoms with E-state index in [0.717, 1.165) is 5.56 Å². The maximum absolute atomic E-state index is 12.5. The molecule has 8 N–H and O–H groups in total. The van der Waals surface area contributed by atoms with E-state index in [2.05, 4.69) is 30.4 Å². The van der Waals surface area contributed by atoms with Crippen molar-refractivity contribution in [3.05, 3.63) is 35.8 Å². The molecule has 3 aromatic rings. The Balaban J connectivity index is 1.35. The average molecular weight is 782 g/mol. The molecule has 0 amide bonds. The summed E-state index contributed by atoms with van der Waals surface area (Å²) in [5, 5.41) is 0.526. The number of thioether (sulfide) groups is 1. The summed E-state index contributed by atoms with van der Waals surface area (Å²) in [6, 6.07) is 3.08. The molecule has 1 aromatic carbocycles. The molecular formula is C26H34N5O15P3S. The van der Waals surface area contributed by atoms with E-state index in [1.54, 1.807) is 18.3 Å². The molecule has 2 fully saturated rings. The number of phosphoric acid groups is 3. The number of nitrogen functional groups attached to an aromatic ring is 1. The number of fused-ring (bicyclic) bond motifs is 2. The van der Waals surface area contributed by atoms with Gasteiger partial charge < -0.3 is 59.3 Å². The van der Waals surface area contributed by atoms with E-state index in [-0.39, 0.29) is 30.3 Å². The topological polar surface area (TPSA) is 289 Å². The summed E-state index contributed by atoms with van der Waals surface area (Å²) in [6.45, 7) is -0.579. The lowest BCUT2D eigenvalue weighted by atomic mass is 10.1. The number of methoxy groups -OCH3 is 3. The molecule has 5 rings (SSSR count). The van der Waals surface area contributed by atoms with Gasteiger partial charge in [0.05, 0.1) is 69.6 Å². The molecule has 20 nitrogen and oxygen atoms in total. The zero-order valence-electron chi connectivity index (χ0n) is 26.6. The Morgan fingerprint density at radius 3 is 2.34 bits per heavy atom. The van der Waals surface area contributed by atoms with Crippen molar-refractivity contribution in [2.45, 2.75) is 30.1 Å². The minimum absolute atomic E-state index is 0.0861. The third-order valence-electron chi connectivity index (χ3n) is 7.56. The number of phosphoric ester groups is 1. The van der Waals surface area contributed by atoms with Gasteiger partial charge in [-0.2, -0.15) is 8.62 Å². The number of ether oxygens (including phenoxy) is 5. The van der Waals surface area contributed by atoms with Crippen LogP contribution in [-0.4, -0.2) is 92.8 Å². The first kappa shape index (κ1) is 38.5. The lowest BCUT2D eigenvalue weighted by molar-refractivity contribution is -0.0550. The molecule has 1 aliphatic carbocycles. The molecule has 0 radical (unpaired) electrons. The highest BCUT2D eigenvalue weighted by molar-refractivity contribution is 7.98. The van der Waals surface area contributed by atoms with E-state index < -0.39 is 48.4 Å². The fourth-order valence-corrected chi connectivity index (χ4v) is 9.46. The maximum atomic E-state index is 12.5. The molecule has 50 heavy (non-hydrogen) atoms. The lowest BCUT2D eigenvalue weighted by Crippen LogP contribution is -2.34. The third kappa shape index (κ3) is 8.81. The van der Waals surface area contributed by atoms with E-state index >= 15 is 0 Å². The Morgan fingerprint density at radius 1 is 1.02 bits per heavy atom. The Kier molecular flexibility index (Phi) is 11.9. The molecule has 0 bridgehead atoms. The molecule has 24 heteroatoms. The highest BCUT2D eigenvalue weighted by atomic mass is 32.2. The van der Waals surface area contributed by atoms with Crippen LogP contribution in [0, 0.1) is 17.8 Å². The minimum atomic E-state index is -5.72. The normalized spacial score (nSPS) is 23.7. The van der Waals surface area contributed by atoms with Gasteiger partial charge in [-0.1, -0.05) is 11.8 Å². The van der Waals surface area contributed by atoms with E-state index in [1.807, 2.05) is 4.57 Å². The smallest absolute Gasteiger partial charge is 0.490 e. The number of rotatable bonds is 16. The van der Waals surface area contributed by atoms with Crippen molar-refractivity contribution in [3.63, 3.8) is 0 Å². The van der Waals surface area contributed by atoms with Gasteiger partial charge in [0.1, 0.15) is 41.1 Å². The molecule has 1 saturated carbocycles. The van der Waals surface area contributed by atoms with Gasteiger partial charge in [0.15, 0.2) is 0 Å². The highest BCUT2D eigenvalue weighted by Gasteiger charge is 2.66. The van der Waals surface area contributed by atoms with Gasteiger partial charge in [0.2, 0.25) is 0 Å². The van der Waals surface area contributed by atoms with E-state index in [0.29, 0.717) is 39.6 Å². The van der Waals surface area contributed by atoms with Gasteiger partial charge in [0.25, 0.3) is 0 Å². The second kappa shape index (κ2) is 15.5. The number of hydrogen-bond donors (Lipinski definition) is 6. The summed E-state index contributed by atoms with van der Waals surface area (Å²) < 4.78 is 78.4. The maximum Gasteiger partial charge on any atom is 0.490 e. The Morgan fingerprint density at radius 2 is 1.72 bits per heavy atom. The largest absolute Gasteiger partial charge is 0.496 e.